The Kier molecular flexibility index (Phi) is 5.17. The van der Waals surface area contributed by atoms with E-state index >= 15 is 0 Å². The molecule has 1 aromatic carbocycles. The van der Waals surface area contributed by atoms with Crippen molar-refractivity contribution in [3.63, 3.8) is 0 Å². The van der Waals surface area contributed by atoms with Crippen LogP contribution in [0.1, 0.15) is 19.3 Å². The van der Waals surface area contributed by atoms with Crippen molar-refractivity contribution in [3.8, 4) is 0 Å². The predicted octanol–water partition coefficient (Wildman–Crippen LogP) is 3.73. The molecule has 2 heterocycles. The first-order valence-corrected chi connectivity index (χ1v) is 8.89. The number of anilines is 1. The lowest BCUT2D eigenvalue weighted by Crippen LogP contribution is -2.22. The van der Waals surface area contributed by atoms with E-state index < -0.39 is 0 Å². The summed E-state index contributed by atoms with van der Waals surface area (Å²) in [7, 11) is 0. The van der Waals surface area contributed by atoms with Crippen LogP contribution in [-0.2, 0) is 9.53 Å². The van der Waals surface area contributed by atoms with E-state index in [2.05, 4.69) is 10.3 Å². The Hall–Kier alpha value is -1.31. The third kappa shape index (κ3) is 4.12. The molecule has 0 saturated carbocycles. The average molecular weight is 338 g/mol. The van der Waals surface area contributed by atoms with Gasteiger partial charge in [0.2, 0.25) is 5.91 Å². The maximum absolute atomic E-state index is 12.0. The van der Waals surface area contributed by atoms with Crippen LogP contribution in [0, 0.1) is 4.84 Å². The van der Waals surface area contributed by atoms with Crippen LogP contribution in [0.2, 0.25) is 0 Å². The van der Waals surface area contributed by atoms with Crippen molar-refractivity contribution in [2.45, 2.75) is 25.4 Å². The molecule has 0 spiro atoms. The van der Waals surface area contributed by atoms with Gasteiger partial charge in [-0.1, -0.05) is 0 Å². The number of ether oxygens (including phenoxy) is 1. The standard InChI is InChI=1S/C15H18N2O3S2/c18-14(9-22-8-11-3-1-2-6-19-11)16-10-4-5-12-13(7-10)20-15(21)17-12/h4-5,7,11H,1-3,6,8-9H2,(H,16,18)(H,17,21)/t11-/m1/s1. The summed E-state index contributed by atoms with van der Waals surface area (Å²) in [6.45, 7) is 0.850. The summed E-state index contributed by atoms with van der Waals surface area (Å²) in [4.78, 5) is 15.2. The number of benzene rings is 1. The fourth-order valence-electron chi connectivity index (χ4n) is 2.44. The van der Waals surface area contributed by atoms with E-state index in [1.165, 1.54) is 6.42 Å². The number of aromatic nitrogens is 1. The molecule has 5 nitrogen and oxygen atoms in total. The van der Waals surface area contributed by atoms with Crippen LogP contribution in [0.15, 0.2) is 22.6 Å². The third-order valence-electron chi connectivity index (χ3n) is 3.52. The van der Waals surface area contributed by atoms with E-state index in [0.717, 1.165) is 30.7 Å². The summed E-state index contributed by atoms with van der Waals surface area (Å²) in [6, 6.07) is 5.44. The number of H-pyrrole nitrogens is 1. The van der Waals surface area contributed by atoms with E-state index in [4.69, 9.17) is 21.4 Å². The molecular weight excluding hydrogens is 320 g/mol. The van der Waals surface area contributed by atoms with Crippen molar-refractivity contribution >= 4 is 46.7 Å². The maximum atomic E-state index is 12.0. The van der Waals surface area contributed by atoms with Crippen LogP contribution < -0.4 is 5.32 Å². The molecule has 0 bridgehead atoms. The van der Waals surface area contributed by atoms with Crippen LogP contribution in [0.4, 0.5) is 5.69 Å². The van der Waals surface area contributed by atoms with E-state index in [-0.39, 0.29) is 5.91 Å². The highest BCUT2D eigenvalue weighted by molar-refractivity contribution is 8.00. The number of rotatable bonds is 5. The van der Waals surface area contributed by atoms with Crippen molar-refractivity contribution < 1.29 is 13.9 Å². The van der Waals surface area contributed by atoms with Gasteiger partial charge in [0.25, 0.3) is 4.84 Å². The van der Waals surface area contributed by atoms with Gasteiger partial charge in [-0.15, -0.1) is 11.8 Å². The summed E-state index contributed by atoms with van der Waals surface area (Å²) >= 11 is 6.55. The molecule has 7 heteroatoms. The van der Waals surface area contributed by atoms with Crippen molar-refractivity contribution in [2.24, 2.45) is 0 Å². The smallest absolute Gasteiger partial charge is 0.266 e. The van der Waals surface area contributed by atoms with Gasteiger partial charge in [-0.25, -0.2) is 0 Å². The van der Waals surface area contributed by atoms with Crippen LogP contribution in [0.25, 0.3) is 11.1 Å². The van der Waals surface area contributed by atoms with E-state index in [1.807, 2.05) is 12.1 Å². The molecule has 1 aliphatic heterocycles. The molecule has 118 valence electrons. The monoisotopic (exact) mass is 338 g/mol. The Bertz CT molecular complexity index is 704. The van der Waals surface area contributed by atoms with Crippen LogP contribution in [-0.4, -0.2) is 35.1 Å². The highest BCUT2D eigenvalue weighted by Gasteiger charge is 2.14. The van der Waals surface area contributed by atoms with Gasteiger partial charge >= 0.3 is 0 Å². The number of fused-ring (bicyclic) bond motifs is 1. The summed E-state index contributed by atoms with van der Waals surface area (Å²) in [6.07, 6.45) is 3.78. The number of carbonyl (C=O) groups is 1. The zero-order valence-corrected chi connectivity index (χ0v) is 13.7. The number of amides is 1. The Labute approximate surface area is 137 Å². The Morgan fingerprint density at radius 2 is 2.36 bits per heavy atom. The highest BCUT2D eigenvalue weighted by Crippen LogP contribution is 2.20. The number of carbonyl (C=O) groups excluding carboxylic acids is 1. The molecule has 22 heavy (non-hydrogen) atoms. The molecule has 2 aromatic rings. The minimum atomic E-state index is -0.0192. The molecule has 0 aliphatic carbocycles. The van der Waals surface area contributed by atoms with E-state index in [1.54, 1.807) is 17.8 Å². The summed E-state index contributed by atoms with van der Waals surface area (Å²) < 4.78 is 11.0. The molecule has 1 atom stereocenters. The van der Waals surface area contributed by atoms with E-state index in [0.29, 0.717) is 28.0 Å². The zero-order valence-electron chi connectivity index (χ0n) is 12.1. The number of hydrogen-bond donors (Lipinski definition) is 2. The lowest BCUT2D eigenvalue weighted by atomic mass is 10.1. The van der Waals surface area contributed by atoms with Crippen molar-refractivity contribution in [1.29, 1.82) is 0 Å². The molecule has 0 unspecified atom stereocenters. The first-order valence-electron chi connectivity index (χ1n) is 7.33. The van der Waals surface area contributed by atoms with Gasteiger partial charge in [0.05, 0.1) is 17.4 Å². The van der Waals surface area contributed by atoms with Gasteiger partial charge in [0.15, 0.2) is 5.58 Å². The fourth-order valence-corrected chi connectivity index (χ4v) is 3.54. The second-order valence-corrected chi connectivity index (χ2v) is 6.68. The summed E-state index contributed by atoms with van der Waals surface area (Å²) in [5.74, 6) is 1.28. The summed E-state index contributed by atoms with van der Waals surface area (Å²) in [5, 5.41) is 2.87. The molecule has 1 aliphatic rings. The van der Waals surface area contributed by atoms with Crippen molar-refractivity contribution in [1.82, 2.24) is 4.98 Å². The first-order chi connectivity index (χ1) is 10.7. The number of aromatic amines is 1. The van der Waals surface area contributed by atoms with Gasteiger partial charge in [0.1, 0.15) is 0 Å². The molecule has 0 radical (unpaired) electrons. The van der Waals surface area contributed by atoms with Gasteiger partial charge in [-0.2, -0.15) is 0 Å². The number of thioether (sulfide) groups is 1. The number of nitrogens with one attached hydrogen (secondary N) is 2. The molecule has 2 N–H and O–H groups in total. The topological polar surface area (TPSA) is 67.3 Å². The predicted molar refractivity (Wildman–Crippen MR) is 90.9 cm³/mol. The van der Waals surface area contributed by atoms with E-state index in [9.17, 15) is 4.79 Å². The van der Waals surface area contributed by atoms with Gasteiger partial charge in [-0.3, -0.25) is 4.79 Å². The molecule has 1 saturated heterocycles. The van der Waals surface area contributed by atoms with Crippen molar-refractivity contribution in [3.05, 3.63) is 23.0 Å². The second kappa shape index (κ2) is 7.30. The Morgan fingerprint density at radius 1 is 1.45 bits per heavy atom. The second-order valence-electron chi connectivity index (χ2n) is 5.28. The highest BCUT2D eigenvalue weighted by atomic mass is 32.2. The molecule has 3 rings (SSSR count). The zero-order chi connectivity index (χ0) is 15.4. The molecule has 1 fully saturated rings. The Balaban J connectivity index is 1.48. The lowest BCUT2D eigenvalue weighted by molar-refractivity contribution is -0.113. The minimum absolute atomic E-state index is 0.0192. The van der Waals surface area contributed by atoms with Crippen LogP contribution >= 0.6 is 24.0 Å². The molecule has 1 aromatic heterocycles. The van der Waals surface area contributed by atoms with Crippen LogP contribution in [0.3, 0.4) is 0 Å². The largest absolute Gasteiger partial charge is 0.429 e. The molecular formula is C15H18N2O3S2. The van der Waals surface area contributed by atoms with Gasteiger partial charge in [0, 0.05) is 24.1 Å². The SMILES string of the molecule is O=C(CSC[C@H]1CCCCO1)Nc1ccc2[nH]c(=S)oc2c1. The summed E-state index contributed by atoms with van der Waals surface area (Å²) in [5.41, 5.74) is 2.18. The average Bonchev–Trinajstić information content (AvgIpc) is 2.87. The van der Waals surface area contributed by atoms with Gasteiger partial charge in [-0.05, 0) is 43.6 Å². The fraction of sp³-hybridized carbons (Fsp3) is 0.467. The lowest BCUT2D eigenvalue weighted by Gasteiger charge is -2.21. The normalized spacial score (nSPS) is 18.5. The van der Waals surface area contributed by atoms with Crippen LogP contribution in [0.5, 0.6) is 0 Å². The Morgan fingerprint density at radius 3 is 3.18 bits per heavy atom. The maximum Gasteiger partial charge on any atom is 0.266 e. The molecule has 1 amide bonds. The minimum Gasteiger partial charge on any atom is -0.429 e. The first kappa shape index (κ1) is 15.6. The number of hydrogen-bond acceptors (Lipinski definition) is 5. The quantitative estimate of drug-likeness (QED) is 0.813. The third-order valence-corrected chi connectivity index (χ3v) is 4.77. The number of oxazole rings is 1. The van der Waals surface area contributed by atoms with Crippen molar-refractivity contribution in [2.75, 3.05) is 23.4 Å². The van der Waals surface area contributed by atoms with Gasteiger partial charge < -0.3 is 19.5 Å².